The Morgan fingerprint density at radius 1 is 1.59 bits per heavy atom. The monoisotopic (exact) mass is 237 g/mol. The summed E-state index contributed by atoms with van der Waals surface area (Å²) in [5, 5.41) is 18.9. The maximum Gasteiger partial charge on any atom is 0.253 e. The number of nitriles is 1. The predicted molar refractivity (Wildman–Crippen MR) is 60.7 cm³/mol. The van der Waals surface area contributed by atoms with E-state index in [2.05, 4.69) is 11.4 Å². The highest BCUT2D eigenvalue weighted by molar-refractivity contribution is 6.18. The molecule has 0 aromatic carbocycles. The second-order valence-electron chi connectivity index (χ2n) is 3.71. The second-order valence-corrected chi connectivity index (χ2v) is 3.71. The van der Waals surface area contributed by atoms with Gasteiger partial charge in [-0.15, -0.1) is 0 Å². The maximum atomic E-state index is 11.0. The quantitative estimate of drug-likeness (QED) is 0.276. The number of nitrogens with zero attached hydrogens (tertiary/aromatic N) is 1. The van der Waals surface area contributed by atoms with Gasteiger partial charge in [-0.3, -0.25) is 10.2 Å². The Labute approximate surface area is 98.9 Å². The summed E-state index contributed by atoms with van der Waals surface area (Å²) in [4.78, 5) is 11.0. The number of ether oxygens (including phenoxy) is 1. The van der Waals surface area contributed by atoms with Crippen LogP contribution in [0.25, 0.3) is 0 Å². The molecule has 0 bridgehead atoms. The maximum absolute atomic E-state index is 11.0. The normalized spacial score (nSPS) is 24.8. The zero-order valence-electron chi connectivity index (χ0n) is 9.27. The van der Waals surface area contributed by atoms with Crippen LogP contribution in [-0.4, -0.2) is 31.0 Å². The van der Waals surface area contributed by atoms with Crippen LogP contribution < -0.4 is 16.8 Å². The second kappa shape index (κ2) is 5.86. The van der Waals surface area contributed by atoms with Gasteiger partial charge in [0, 0.05) is 12.8 Å². The first-order valence-electron chi connectivity index (χ1n) is 5.14. The highest BCUT2D eigenvalue weighted by atomic mass is 16.5. The number of amides is 1. The van der Waals surface area contributed by atoms with E-state index in [1.54, 1.807) is 0 Å². The summed E-state index contributed by atoms with van der Waals surface area (Å²) >= 11 is 0. The first-order chi connectivity index (χ1) is 8.06. The molecule has 0 aromatic heterocycles. The molecule has 7 nitrogen and oxygen atoms in total. The van der Waals surface area contributed by atoms with E-state index in [0.29, 0.717) is 19.6 Å². The molecule has 0 radical (unpaired) electrons. The minimum Gasteiger partial charge on any atom is -0.384 e. The summed E-state index contributed by atoms with van der Waals surface area (Å²) in [5.74, 6) is -1.38. The van der Waals surface area contributed by atoms with E-state index in [1.165, 1.54) is 6.20 Å². The molecule has 6 N–H and O–H groups in total. The van der Waals surface area contributed by atoms with Gasteiger partial charge < -0.3 is 21.5 Å². The third-order valence-corrected chi connectivity index (χ3v) is 2.52. The number of rotatable bonds is 4. The molecule has 0 spiro atoms. The van der Waals surface area contributed by atoms with Crippen molar-refractivity contribution in [2.45, 2.75) is 12.5 Å². The lowest BCUT2D eigenvalue weighted by Gasteiger charge is -2.27. The van der Waals surface area contributed by atoms with Crippen molar-refractivity contribution in [1.29, 1.82) is 10.7 Å². The van der Waals surface area contributed by atoms with Crippen molar-refractivity contribution in [1.82, 2.24) is 5.32 Å². The molecular weight excluding hydrogens is 222 g/mol. The molecule has 0 aromatic rings. The average Bonchev–Trinajstić information content (AvgIpc) is 2.29. The lowest BCUT2D eigenvalue weighted by molar-refractivity contribution is -0.114. The molecule has 1 rings (SSSR count). The van der Waals surface area contributed by atoms with E-state index in [4.69, 9.17) is 26.9 Å². The zero-order chi connectivity index (χ0) is 12.8. The van der Waals surface area contributed by atoms with Gasteiger partial charge in [-0.1, -0.05) is 0 Å². The number of amidine groups is 1. The molecule has 2 unspecified atom stereocenters. The fourth-order valence-electron chi connectivity index (χ4n) is 1.53. The standard InChI is InChI=1S/C10H15N5O2/c11-3-6-1-2-17-5-8(6)15-4-7(9(12)13)10(14)16/h4,6,8,15H,1-2,5H2,(H3,12,13)(H2,14,16)/b7-4+. The van der Waals surface area contributed by atoms with Gasteiger partial charge in [0.15, 0.2) is 0 Å². The van der Waals surface area contributed by atoms with Gasteiger partial charge in [0.2, 0.25) is 0 Å². The van der Waals surface area contributed by atoms with Crippen LogP contribution in [0.1, 0.15) is 6.42 Å². The van der Waals surface area contributed by atoms with Crippen LogP contribution in [0.2, 0.25) is 0 Å². The highest BCUT2D eigenvalue weighted by Crippen LogP contribution is 2.14. The summed E-state index contributed by atoms with van der Waals surface area (Å²) < 4.78 is 5.22. The van der Waals surface area contributed by atoms with Crippen LogP contribution in [0.5, 0.6) is 0 Å². The molecule has 0 aliphatic carbocycles. The van der Waals surface area contributed by atoms with Crippen molar-refractivity contribution in [2.24, 2.45) is 17.4 Å². The van der Waals surface area contributed by atoms with Crippen LogP contribution >= 0.6 is 0 Å². The Kier molecular flexibility index (Phi) is 4.48. The van der Waals surface area contributed by atoms with Crippen LogP contribution in [0.3, 0.4) is 0 Å². The summed E-state index contributed by atoms with van der Waals surface area (Å²) in [6, 6.07) is 1.94. The van der Waals surface area contributed by atoms with Crippen molar-refractivity contribution >= 4 is 11.7 Å². The summed E-state index contributed by atoms with van der Waals surface area (Å²) in [5.41, 5.74) is 10.2. The van der Waals surface area contributed by atoms with Crippen molar-refractivity contribution in [3.63, 3.8) is 0 Å². The third-order valence-electron chi connectivity index (χ3n) is 2.52. The van der Waals surface area contributed by atoms with Crippen LogP contribution in [-0.2, 0) is 9.53 Å². The topological polar surface area (TPSA) is 138 Å². The summed E-state index contributed by atoms with van der Waals surface area (Å²) in [6.07, 6.45) is 1.91. The number of nitrogens with one attached hydrogen (secondary N) is 2. The highest BCUT2D eigenvalue weighted by Gasteiger charge is 2.24. The molecule has 7 heteroatoms. The van der Waals surface area contributed by atoms with Gasteiger partial charge >= 0.3 is 0 Å². The Bertz CT molecular complexity index is 369. The molecule has 1 aliphatic heterocycles. The smallest absolute Gasteiger partial charge is 0.253 e. The molecule has 0 saturated carbocycles. The molecule has 2 atom stereocenters. The van der Waals surface area contributed by atoms with Gasteiger partial charge in [0.05, 0.1) is 30.2 Å². The van der Waals surface area contributed by atoms with Crippen molar-refractivity contribution in [3.05, 3.63) is 11.8 Å². The van der Waals surface area contributed by atoms with E-state index in [-0.39, 0.29) is 17.5 Å². The van der Waals surface area contributed by atoms with Gasteiger partial charge in [0.25, 0.3) is 5.91 Å². The van der Waals surface area contributed by atoms with E-state index in [0.717, 1.165) is 0 Å². The minimum atomic E-state index is -0.782. The van der Waals surface area contributed by atoms with Gasteiger partial charge in [-0.25, -0.2) is 0 Å². The molecule has 1 amide bonds. The third kappa shape index (κ3) is 3.46. The average molecular weight is 237 g/mol. The Morgan fingerprint density at radius 2 is 2.29 bits per heavy atom. The first-order valence-corrected chi connectivity index (χ1v) is 5.14. The van der Waals surface area contributed by atoms with Gasteiger partial charge in [0.1, 0.15) is 5.84 Å². The Morgan fingerprint density at radius 3 is 2.82 bits per heavy atom. The van der Waals surface area contributed by atoms with E-state index >= 15 is 0 Å². The van der Waals surface area contributed by atoms with E-state index < -0.39 is 11.7 Å². The molecule has 1 heterocycles. The van der Waals surface area contributed by atoms with Crippen molar-refractivity contribution < 1.29 is 9.53 Å². The van der Waals surface area contributed by atoms with Crippen LogP contribution in [0.4, 0.5) is 0 Å². The van der Waals surface area contributed by atoms with Crippen LogP contribution in [0, 0.1) is 22.7 Å². The molecule has 17 heavy (non-hydrogen) atoms. The molecule has 1 saturated heterocycles. The number of carbonyl (C=O) groups is 1. The Hall–Kier alpha value is -2.07. The number of carbonyl (C=O) groups excluding carboxylic acids is 1. The number of hydrogen-bond donors (Lipinski definition) is 4. The van der Waals surface area contributed by atoms with E-state index in [1.807, 2.05) is 0 Å². The van der Waals surface area contributed by atoms with Gasteiger partial charge in [-0.2, -0.15) is 5.26 Å². The van der Waals surface area contributed by atoms with Crippen molar-refractivity contribution in [2.75, 3.05) is 13.2 Å². The minimum absolute atomic E-state index is 0.104. The molecular formula is C10H15N5O2. The number of hydrogen-bond acceptors (Lipinski definition) is 5. The Balaban J connectivity index is 2.70. The number of nitrogens with two attached hydrogens (primary N) is 2. The fourth-order valence-corrected chi connectivity index (χ4v) is 1.53. The van der Waals surface area contributed by atoms with Gasteiger partial charge in [-0.05, 0) is 6.42 Å². The predicted octanol–water partition coefficient (Wildman–Crippen LogP) is -1.19. The summed E-state index contributed by atoms with van der Waals surface area (Å²) in [6.45, 7) is 0.925. The number of primary amides is 1. The molecule has 1 fully saturated rings. The molecule has 1 aliphatic rings. The van der Waals surface area contributed by atoms with Crippen molar-refractivity contribution in [3.8, 4) is 6.07 Å². The summed E-state index contributed by atoms with van der Waals surface area (Å²) in [7, 11) is 0. The zero-order valence-corrected chi connectivity index (χ0v) is 9.27. The lowest BCUT2D eigenvalue weighted by Crippen LogP contribution is -2.41. The largest absolute Gasteiger partial charge is 0.384 e. The van der Waals surface area contributed by atoms with Crippen LogP contribution in [0.15, 0.2) is 11.8 Å². The van der Waals surface area contributed by atoms with E-state index in [9.17, 15) is 4.79 Å². The SMILES string of the molecule is N#CC1CCOCC1N/C=C(\C(=N)N)C(N)=O. The lowest BCUT2D eigenvalue weighted by atomic mass is 9.96. The molecule has 92 valence electrons. The fraction of sp³-hybridized carbons (Fsp3) is 0.500. The first kappa shape index (κ1) is 13.0.